The van der Waals surface area contributed by atoms with Gasteiger partial charge in [-0.2, -0.15) is 0 Å². The summed E-state index contributed by atoms with van der Waals surface area (Å²) in [6.07, 6.45) is 5.79. The van der Waals surface area contributed by atoms with Gasteiger partial charge in [0.05, 0.1) is 17.8 Å². The molecule has 106 valence electrons. The van der Waals surface area contributed by atoms with Crippen LogP contribution in [-0.4, -0.2) is 22.3 Å². The number of aliphatic hydroxyl groups is 1. The van der Waals surface area contributed by atoms with Crippen LogP contribution in [0.25, 0.3) is 10.8 Å². The molecule has 1 aliphatic heterocycles. The number of fused-ring (bicyclic) bond motifs is 1. The van der Waals surface area contributed by atoms with E-state index in [1.165, 1.54) is 0 Å². The third-order valence-electron chi connectivity index (χ3n) is 4.55. The summed E-state index contributed by atoms with van der Waals surface area (Å²) in [5.74, 6) is 0. The number of hydrogen-bond donors (Lipinski definition) is 1. The molecule has 0 aliphatic carbocycles. The number of ether oxygens (including phenoxy) is 1. The van der Waals surface area contributed by atoms with Gasteiger partial charge >= 0.3 is 0 Å². The van der Waals surface area contributed by atoms with Gasteiger partial charge in [0.25, 0.3) is 0 Å². The first kappa shape index (κ1) is 13.5. The minimum absolute atomic E-state index is 0.260. The molecule has 2 heterocycles. The second-order valence-corrected chi connectivity index (χ2v) is 6.02. The lowest BCUT2D eigenvalue weighted by atomic mass is 9.77. The molecule has 0 bridgehead atoms. The molecule has 2 unspecified atom stereocenters. The molecule has 1 aromatic carbocycles. The Morgan fingerprint density at radius 3 is 2.90 bits per heavy atom. The molecule has 0 saturated carbocycles. The molecule has 1 N–H and O–H groups in total. The van der Waals surface area contributed by atoms with Crippen molar-refractivity contribution in [2.75, 3.05) is 6.61 Å². The van der Waals surface area contributed by atoms with Crippen molar-refractivity contribution in [3.05, 3.63) is 42.2 Å². The Kier molecular flexibility index (Phi) is 3.27. The van der Waals surface area contributed by atoms with Gasteiger partial charge in [-0.3, -0.25) is 4.98 Å². The van der Waals surface area contributed by atoms with Gasteiger partial charge < -0.3 is 9.84 Å². The third kappa shape index (κ3) is 2.21. The standard InChI is InChI=1S/C17H21NO2/c1-3-16(2)12-17(19,8-9-20-16)15-11-18-10-13-6-4-5-7-14(13)15/h4-7,10-11,19H,3,8-9,12H2,1-2H3. The van der Waals surface area contributed by atoms with Crippen LogP contribution in [0.3, 0.4) is 0 Å². The average molecular weight is 271 g/mol. The summed E-state index contributed by atoms with van der Waals surface area (Å²) in [5, 5.41) is 13.3. The first-order valence-corrected chi connectivity index (χ1v) is 7.26. The smallest absolute Gasteiger partial charge is 0.0966 e. The quantitative estimate of drug-likeness (QED) is 0.910. The van der Waals surface area contributed by atoms with Crippen LogP contribution in [0.5, 0.6) is 0 Å². The Hall–Kier alpha value is -1.45. The second kappa shape index (κ2) is 4.83. The molecule has 2 aromatic rings. The number of nitrogens with zero attached hydrogens (tertiary/aromatic N) is 1. The van der Waals surface area contributed by atoms with Crippen LogP contribution in [0, 0.1) is 0 Å². The molecule has 0 radical (unpaired) electrons. The van der Waals surface area contributed by atoms with Crippen molar-refractivity contribution in [3.8, 4) is 0 Å². The number of aromatic nitrogens is 1. The summed E-state index contributed by atoms with van der Waals surface area (Å²) in [6, 6.07) is 8.10. The normalized spacial score (nSPS) is 30.6. The van der Waals surface area contributed by atoms with Crippen LogP contribution in [0.2, 0.25) is 0 Å². The van der Waals surface area contributed by atoms with E-state index in [2.05, 4.69) is 24.9 Å². The second-order valence-electron chi connectivity index (χ2n) is 6.02. The molecular weight excluding hydrogens is 250 g/mol. The highest BCUT2D eigenvalue weighted by molar-refractivity contribution is 5.85. The summed E-state index contributed by atoms with van der Waals surface area (Å²) >= 11 is 0. The van der Waals surface area contributed by atoms with Crippen LogP contribution in [0.1, 0.15) is 38.7 Å². The molecule has 2 atom stereocenters. The monoisotopic (exact) mass is 271 g/mol. The van der Waals surface area contributed by atoms with E-state index in [1.807, 2.05) is 30.6 Å². The maximum Gasteiger partial charge on any atom is 0.0966 e. The Bertz CT molecular complexity index is 622. The first-order chi connectivity index (χ1) is 9.56. The summed E-state index contributed by atoms with van der Waals surface area (Å²) in [4.78, 5) is 4.31. The van der Waals surface area contributed by atoms with Crippen molar-refractivity contribution in [1.82, 2.24) is 4.98 Å². The van der Waals surface area contributed by atoms with Crippen LogP contribution in [0.15, 0.2) is 36.7 Å². The van der Waals surface area contributed by atoms with Gasteiger partial charge in [0.1, 0.15) is 0 Å². The molecule has 3 heteroatoms. The largest absolute Gasteiger partial charge is 0.385 e. The maximum absolute atomic E-state index is 11.2. The first-order valence-electron chi connectivity index (χ1n) is 7.26. The SMILES string of the molecule is CCC1(C)CC(O)(c2cncc3ccccc23)CCO1. The van der Waals surface area contributed by atoms with E-state index in [1.54, 1.807) is 0 Å². The third-order valence-corrected chi connectivity index (χ3v) is 4.55. The number of rotatable bonds is 2. The molecule has 0 spiro atoms. The Morgan fingerprint density at radius 2 is 2.10 bits per heavy atom. The zero-order valence-electron chi connectivity index (χ0n) is 12.1. The van der Waals surface area contributed by atoms with E-state index >= 15 is 0 Å². The summed E-state index contributed by atoms with van der Waals surface area (Å²) in [7, 11) is 0. The van der Waals surface area contributed by atoms with Gasteiger partial charge in [-0.05, 0) is 18.7 Å². The van der Waals surface area contributed by atoms with Crippen molar-refractivity contribution in [2.45, 2.75) is 44.3 Å². The van der Waals surface area contributed by atoms with Crippen molar-refractivity contribution < 1.29 is 9.84 Å². The lowest BCUT2D eigenvalue weighted by molar-refractivity contribution is -0.157. The molecule has 1 aromatic heterocycles. The predicted molar refractivity (Wildman–Crippen MR) is 79.5 cm³/mol. The summed E-state index contributed by atoms with van der Waals surface area (Å²) in [6.45, 7) is 4.77. The molecule has 3 nitrogen and oxygen atoms in total. The zero-order valence-corrected chi connectivity index (χ0v) is 12.1. The highest BCUT2D eigenvalue weighted by Gasteiger charge is 2.43. The van der Waals surface area contributed by atoms with Crippen LogP contribution in [0.4, 0.5) is 0 Å². The van der Waals surface area contributed by atoms with Crippen molar-refractivity contribution in [3.63, 3.8) is 0 Å². The predicted octanol–water partition coefficient (Wildman–Crippen LogP) is 3.40. The minimum Gasteiger partial charge on any atom is -0.385 e. The molecule has 20 heavy (non-hydrogen) atoms. The van der Waals surface area contributed by atoms with E-state index in [4.69, 9.17) is 4.74 Å². The maximum atomic E-state index is 11.2. The van der Waals surface area contributed by atoms with Crippen molar-refractivity contribution >= 4 is 10.8 Å². The molecular formula is C17H21NO2. The Balaban J connectivity index is 2.09. The summed E-state index contributed by atoms with van der Waals surface area (Å²) < 4.78 is 5.86. The lowest BCUT2D eigenvalue weighted by Crippen LogP contribution is -2.45. The fourth-order valence-corrected chi connectivity index (χ4v) is 3.17. The van der Waals surface area contributed by atoms with Crippen molar-refractivity contribution in [2.24, 2.45) is 0 Å². The number of hydrogen-bond acceptors (Lipinski definition) is 3. The van der Waals surface area contributed by atoms with E-state index in [0.29, 0.717) is 19.4 Å². The van der Waals surface area contributed by atoms with Gasteiger partial charge in [0.2, 0.25) is 0 Å². The van der Waals surface area contributed by atoms with E-state index in [-0.39, 0.29) is 5.60 Å². The lowest BCUT2D eigenvalue weighted by Gasteiger charge is -2.43. The van der Waals surface area contributed by atoms with Crippen LogP contribution < -0.4 is 0 Å². The van der Waals surface area contributed by atoms with Gasteiger partial charge in [0, 0.05) is 36.2 Å². The molecule has 1 aliphatic rings. The van der Waals surface area contributed by atoms with Crippen LogP contribution in [-0.2, 0) is 10.3 Å². The highest BCUT2D eigenvalue weighted by atomic mass is 16.5. The Morgan fingerprint density at radius 1 is 1.30 bits per heavy atom. The Labute approximate surface area is 119 Å². The fourth-order valence-electron chi connectivity index (χ4n) is 3.17. The van der Waals surface area contributed by atoms with E-state index in [0.717, 1.165) is 22.8 Å². The van der Waals surface area contributed by atoms with Gasteiger partial charge in [-0.25, -0.2) is 0 Å². The van der Waals surface area contributed by atoms with E-state index in [9.17, 15) is 5.11 Å². The topological polar surface area (TPSA) is 42.4 Å². The number of pyridine rings is 1. The molecule has 1 fully saturated rings. The zero-order chi connectivity index (χ0) is 14.2. The minimum atomic E-state index is -0.850. The molecule has 1 saturated heterocycles. The van der Waals surface area contributed by atoms with Gasteiger partial charge in [0.15, 0.2) is 0 Å². The molecule has 0 amide bonds. The highest BCUT2D eigenvalue weighted by Crippen LogP contribution is 2.42. The van der Waals surface area contributed by atoms with E-state index < -0.39 is 5.60 Å². The summed E-state index contributed by atoms with van der Waals surface area (Å²) in [5.41, 5.74) is -0.181. The van der Waals surface area contributed by atoms with Gasteiger partial charge in [-0.15, -0.1) is 0 Å². The number of benzene rings is 1. The fraction of sp³-hybridized carbons (Fsp3) is 0.471. The van der Waals surface area contributed by atoms with Crippen LogP contribution >= 0.6 is 0 Å². The molecule has 3 rings (SSSR count). The average Bonchev–Trinajstić information content (AvgIpc) is 2.46. The van der Waals surface area contributed by atoms with Gasteiger partial charge in [-0.1, -0.05) is 31.2 Å². The van der Waals surface area contributed by atoms with Crippen molar-refractivity contribution in [1.29, 1.82) is 0 Å².